The Morgan fingerprint density at radius 3 is 2.62 bits per heavy atom. The molecule has 0 amide bonds. The molecule has 2 aromatic carbocycles. The number of hydrogen-bond donors (Lipinski definition) is 2. The smallest absolute Gasteiger partial charge is 0.335 e. The van der Waals surface area contributed by atoms with Gasteiger partial charge in [0.15, 0.2) is 0 Å². The number of carboxylic acid groups (broad SMARTS) is 1. The molecule has 0 bridgehead atoms. The first kappa shape index (κ1) is 18.1. The SMILES string of the molecule is O=C(O)c1ccc(CNCCCSc2nnnn2-c2ccccc2)cc1. The molecular weight excluding hydrogens is 350 g/mol. The molecule has 0 saturated carbocycles. The number of nitrogens with one attached hydrogen (secondary N) is 1. The molecule has 0 unspecified atom stereocenters. The minimum Gasteiger partial charge on any atom is -0.478 e. The van der Waals surface area contributed by atoms with Crippen LogP contribution >= 0.6 is 11.8 Å². The first-order valence-electron chi connectivity index (χ1n) is 8.23. The lowest BCUT2D eigenvalue weighted by Gasteiger charge is -2.06. The highest BCUT2D eigenvalue weighted by molar-refractivity contribution is 7.99. The fourth-order valence-electron chi connectivity index (χ4n) is 2.36. The molecule has 26 heavy (non-hydrogen) atoms. The Hall–Kier alpha value is -2.71. The van der Waals surface area contributed by atoms with E-state index in [4.69, 9.17) is 5.11 Å². The molecule has 0 aliphatic carbocycles. The van der Waals surface area contributed by atoms with Gasteiger partial charge >= 0.3 is 5.97 Å². The third-order valence-corrected chi connectivity index (χ3v) is 4.71. The van der Waals surface area contributed by atoms with Crippen LogP contribution in [0.1, 0.15) is 22.3 Å². The predicted octanol–water partition coefficient (Wildman–Crippen LogP) is 2.63. The van der Waals surface area contributed by atoms with E-state index >= 15 is 0 Å². The monoisotopic (exact) mass is 369 g/mol. The summed E-state index contributed by atoms with van der Waals surface area (Å²) in [7, 11) is 0. The fraction of sp³-hybridized carbons (Fsp3) is 0.222. The Morgan fingerprint density at radius 1 is 1.12 bits per heavy atom. The molecule has 0 aliphatic heterocycles. The standard InChI is InChI=1S/C18H19N5O2S/c24-17(25)15-9-7-14(8-10-15)13-19-11-4-12-26-18-20-21-22-23(18)16-5-2-1-3-6-16/h1-3,5-10,19H,4,11-13H2,(H,24,25). The summed E-state index contributed by atoms with van der Waals surface area (Å²) in [6.07, 6.45) is 0.972. The summed E-state index contributed by atoms with van der Waals surface area (Å²) in [5, 5.41) is 24.9. The van der Waals surface area contributed by atoms with Crippen LogP contribution in [0.15, 0.2) is 59.8 Å². The van der Waals surface area contributed by atoms with Crippen molar-refractivity contribution in [3.8, 4) is 5.69 Å². The minimum absolute atomic E-state index is 0.307. The van der Waals surface area contributed by atoms with E-state index < -0.39 is 5.97 Å². The Labute approximate surface area is 155 Å². The van der Waals surface area contributed by atoms with Crippen LogP contribution in [-0.2, 0) is 6.54 Å². The summed E-state index contributed by atoms with van der Waals surface area (Å²) in [5.41, 5.74) is 2.32. The van der Waals surface area contributed by atoms with Crippen molar-refractivity contribution in [2.24, 2.45) is 0 Å². The molecule has 3 rings (SSSR count). The molecule has 0 aliphatic rings. The Bertz CT molecular complexity index is 836. The van der Waals surface area contributed by atoms with Gasteiger partial charge in [-0.05, 0) is 53.2 Å². The third kappa shape index (κ3) is 4.90. The van der Waals surface area contributed by atoms with Gasteiger partial charge in [-0.2, -0.15) is 4.68 Å². The number of para-hydroxylation sites is 1. The largest absolute Gasteiger partial charge is 0.478 e. The molecule has 0 atom stereocenters. The number of aromatic nitrogens is 4. The Morgan fingerprint density at radius 2 is 1.88 bits per heavy atom. The van der Waals surface area contributed by atoms with E-state index in [0.717, 1.165) is 35.1 Å². The van der Waals surface area contributed by atoms with Crippen LogP contribution in [0.4, 0.5) is 0 Å². The predicted molar refractivity (Wildman–Crippen MR) is 99.6 cm³/mol. The first-order valence-corrected chi connectivity index (χ1v) is 9.22. The number of benzene rings is 2. The second-order valence-corrected chi connectivity index (χ2v) is 6.65. The van der Waals surface area contributed by atoms with Crippen molar-refractivity contribution in [2.45, 2.75) is 18.1 Å². The second kappa shape index (κ2) is 9.12. The summed E-state index contributed by atoms with van der Waals surface area (Å²) in [6.45, 7) is 1.58. The molecule has 134 valence electrons. The molecular formula is C18H19N5O2S. The quantitative estimate of drug-likeness (QED) is 0.442. The topological polar surface area (TPSA) is 92.9 Å². The van der Waals surface area contributed by atoms with Gasteiger partial charge in [0.1, 0.15) is 0 Å². The molecule has 0 fully saturated rings. The zero-order valence-corrected chi connectivity index (χ0v) is 14.9. The maximum absolute atomic E-state index is 10.8. The van der Waals surface area contributed by atoms with E-state index in [-0.39, 0.29) is 0 Å². The van der Waals surface area contributed by atoms with Crippen LogP contribution in [0.5, 0.6) is 0 Å². The number of hydrogen-bond acceptors (Lipinski definition) is 6. The van der Waals surface area contributed by atoms with E-state index in [1.807, 2.05) is 42.5 Å². The van der Waals surface area contributed by atoms with E-state index in [1.54, 1.807) is 28.6 Å². The van der Waals surface area contributed by atoms with Crippen LogP contribution in [0, 0.1) is 0 Å². The number of tetrazole rings is 1. The summed E-state index contributed by atoms with van der Waals surface area (Å²) in [5.74, 6) is -0.00240. The average molecular weight is 369 g/mol. The molecule has 8 heteroatoms. The van der Waals surface area contributed by atoms with Crippen LogP contribution in [0.3, 0.4) is 0 Å². The summed E-state index contributed by atoms with van der Waals surface area (Å²) in [6, 6.07) is 16.7. The summed E-state index contributed by atoms with van der Waals surface area (Å²) >= 11 is 1.62. The molecule has 0 spiro atoms. The molecule has 0 radical (unpaired) electrons. The lowest BCUT2D eigenvalue weighted by molar-refractivity contribution is 0.0697. The number of aromatic carboxylic acids is 1. The van der Waals surface area contributed by atoms with E-state index in [2.05, 4.69) is 20.8 Å². The van der Waals surface area contributed by atoms with Crippen molar-refractivity contribution in [3.05, 3.63) is 65.7 Å². The zero-order chi connectivity index (χ0) is 18.2. The van der Waals surface area contributed by atoms with Gasteiger partial charge in [-0.15, -0.1) is 5.10 Å². The van der Waals surface area contributed by atoms with Gasteiger partial charge in [-0.1, -0.05) is 42.1 Å². The molecule has 7 nitrogen and oxygen atoms in total. The van der Waals surface area contributed by atoms with Crippen LogP contribution in [-0.4, -0.2) is 43.6 Å². The van der Waals surface area contributed by atoms with Crippen molar-refractivity contribution in [1.82, 2.24) is 25.5 Å². The van der Waals surface area contributed by atoms with E-state index in [9.17, 15) is 4.79 Å². The Balaban J connectivity index is 1.39. The number of carbonyl (C=O) groups is 1. The van der Waals surface area contributed by atoms with Crippen molar-refractivity contribution < 1.29 is 9.90 Å². The highest BCUT2D eigenvalue weighted by atomic mass is 32.2. The fourth-order valence-corrected chi connectivity index (χ4v) is 3.19. The van der Waals surface area contributed by atoms with Gasteiger partial charge in [-0.25, -0.2) is 4.79 Å². The highest BCUT2D eigenvalue weighted by Gasteiger charge is 2.08. The number of carboxylic acids is 1. The Kier molecular flexibility index (Phi) is 6.34. The van der Waals surface area contributed by atoms with E-state index in [0.29, 0.717) is 12.1 Å². The van der Waals surface area contributed by atoms with Gasteiger partial charge in [0, 0.05) is 12.3 Å². The van der Waals surface area contributed by atoms with E-state index in [1.165, 1.54) is 0 Å². The van der Waals surface area contributed by atoms with Gasteiger partial charge < -0.3 is 10.4 Å². The minimum atomic E-state index is -0.903. The zero-order valence-electron chi connectivity index (χ0n) is 14.1. The third-order valence-electron chi connectivity index (χ3n) is 3.70. The van der Waals surface area contributed by atoms with Gasteiger partial charge in [0.2, 0.25) is 5.16 Å². The maximum Gasteiger partial charge on any atom is 0.335 e. The van der Waals surface area contributed by atoms with Gasteiger partial charge in [-0.3, -0.25) is 0 Å². The van der Waals surface area contributed by atoms with Crippen molar-refractivity contribution in [3.63, 3.8) is 0 Å². The second-order valence-electron chi connectivity index (χ2n) is 5.59. The highest BCUT2D eigenvalue weighted by Crippen LogP contribution is 2.18. The van der Waals surface area contributed by atoms with Gasteiger partial charge in [0.25, 0.3) is 0 Å². The first-order chi connectivity index (χ1) is 12.7. The van der Waals surface area contributed by atoms with Crippen molar-refractivity contribution >= 4 is 17.7 Å². The molecule has 1 aromatic heterocycles. The average Bonchev–Trinajstić information content (AvgIpc) is 3.14. The maximum atomic E-state index is 10.8. The van der Waals surface area contributed by atoms with Crippen molar-refractivity contribution in [2.75, 3.05) is 12.3 Å². The summed E-state index contributed by atoms with van der Waals surface area (Å²) in [4.78, 5) is 10.8. The number of rotatable bonds is 9. The molecule has 1 heterocycles. The molecule has 3 aromatic rings. The van der Waals surface area contributed by atoms with Crippen molar-refractivity contribution in [1.29, 1.82) is 0 Å². The summed E-state index contributed by atoms with van der Waals surface area (Å²) < 4.78 is 1.74. The molecule has 2 N–H and O–H groups in total. The van der Waals surface area contributed by atoms with Crippen LogP contribution in [0.25, 0.3) is 5.69 Å². The number of thioether (sulfide) groups is 1. The number of nitrogens with zero attached hydrogens (tertiary/aromatic N) is 4. The molecule has 0 saturated heterocycles. The van der Waals surface area contributed by atoms with Crippen LogP contribution < -0.4 is 5.32 Å². The normalized spacial score (nSPS) is 10.8. The van der Waals surface area contributed by atoms with Crippen LogP contribution in [0.2, 0.25) is 0 Å². The lowest BCUT2D eigenvalue weighted by Crippen LogP contribution is -2.15. The van der Waals surface area contributed by atoms with Gasteiger partial charge in [0.05, 0.1) is 11.3 Å². The lowest BCUT2D eigenvalue weighted by atomic mass is 10.1.